The summed E-state index contributed by atoms with van der Waals surface area (Å²) < 4.78 is 40.2. The highest BCUT2D eigenvalue weighted by Gasteiger charge is 2.27. The van der Waals surface area contributed by atoms with Crippen molar-refractivity contribution in [3.8, 4) is 11.8 Å². The molecule has 1 atom stereocenters. The third-order valence-electron chi connectivity index (χ3n) is 5.08. The van der Waals surface area contributed by atoms with Gasteiger partial charge in [-0.2, -0.15) is 8.42 Å². The number of methoxy groups -OCH3 is 1. The Balaban J connectivity index is 1.42. The lowest BCUT2D eigenvalue weighted by atomic mass is 9.98. The predicted molar refractivity (Wildman–Crippen MR) is 112 cm³/mol. The van der Waals surface area contributed by atoms with Crippen LogP contribution in [0.4, 0.5) is 5.69 Å². The van der Waals surface area contributed by atoms with E-state index in [0.29, 0.717) is 42.3 Å². The molecule has 0 spiro atoms. The molecule has 2 aliphatic rings. The molecular formula is C19H22N6O5S. The third kappa shape index (κ3) is 4.53. The van der Waals surface area contributed by atoms with Crippen LogP contribution in [0.2, 0.25) is 0 Å². The lowest BCUT2D eigenvalue weighted by Crippen LogP contribution is -2.41. The van der Waals surface area contributed by atoms with Crippen LogP contribution in [0.3, 0.4) is 0 Å². The monoisotopic (exact) mass is 446 g/mol. The van der Waals surface area contributed by atoms with Gasteiger partial charge in [0.2, 0.25) is 0 Å². The Bertz CT molecular complexity index is 1120. The van der Waals surface area contributed by atoms with Crippen LogP contribution in [0, 0.1) is 5.92 Å². The highest BCUT2D eigenvalue weighted by Crippen LogP contribution is 2.31. The molecule has 12 heteroatoms. The van der Waals surface area contributed by atoms with Gasteiger partial charge >= 0.3 is 16.2 Å². The van der Waals surface area contributed by atoms with Crippen LogP contribution < -0.4 is 19.9 Å². The van der Waals surface area contributed by atoms with E-state index in [0.717, 1.165) is 12.8 Å². The van der Waals surface area contributed by atoms with Gasteiger partial charge in [0.1, 0.15) is 5.75 Å². The summed E-state index contributed by atoms with van der Waals surface area (Å²) in [5.74, 6) is 0.277. The van der Waals surface area contributed by atoms with Gasteiger partial charge in [0.15, 0.2) is 5.84 Å². The first-order chi connectivity index (χ1) is 14.9. The number of anilines is 1. The molecule has 0 saturated carbocycles. The quantitative estimate of drug-likeness (QED) is 0.685. The number of hydrogen-bond acceptors (Lipinski definition) is 8. The van der Waals surface area contributed by atoms with Crippen molar-refractivity contribution in [2.75, 3.05) is 31.5 Å². The second-order valence-corrected chi connectivity index (χ2v) is 8.60. The highest BCUT2D eigenvalue weighted by atomic mass is 32.2. The molecule has 11 nitrogen and oxygen atoms in total. The van der Waals surface area contributed by atoms with Crippen molar-refractivity contribution in [2.45, 2.75) is 12.8 Å². The number of ether oxygens (including phenoxy) is 2. The Hall–Kier alpha value is -3.41. The first-order valence-electron chi connectivity index (χ1n) is 9.66. The molecule has 3 heterocycles. The number of carbonyl (C=O) groups excluding carboxylic acids is 1. The summed E-state index contributed by atoms with van der Waals surface area (Å²) in [6.07, 6.45) is 4.64. The van der Waals surface area contributed by atoms with Crippen LogP contribution in [0.5, 0.6) is 11.8 Å². The van der Waals surface area contributed by atoms with Gasteiger partial charge in [0.25, 0.3) is 5.91 Å². The number of benzene rings is 1. The first kappa shape index (κ1) is 20.8. The molecule has 0 aliphatic carbocycles. The predicted octanol–water partition coefficient (Wildman–Crippen LogP) is 0.792. The Morgan fingerprint density at radius 3 is 2.84 bits per heavy atom. The van der Waals surface area contributed by atoms with E-state index in [4.69, 9.17) is 15.2 Å². The van der Waals surface area contributed by atoms with Crippen molar-refractivity contribution in [2.24, 2.45) is 16.0 Å². The van der Waals surface area contributed by atoms with Gasteiger partial charge in [-0.1, -0.05) is 6.07 Å². The van der Waals surface area contributed by atoms with E-state index < -0.39 is 10.2 Å². The van der Waals surface area contributed by atoms with Crippen LogP contribution in [0.25, 0.3) is 0 Å². The summed E-state index contributed by atoms with van der Waals surface area (Å²) in [5, 5.41) is 0. The number of amides is 1. The molecule has 1 saturated heterocycles. The molecule has 3 N–H and O–H groups in total. The van der Waals surface area contributed by atoms with E-state index in [-0.39, 0.29) is 23.7 Å². The minimum absolute atomic E-state index is 0.103. The largest absolute Gasteiger partial charge is 0.492 e. The second kappa shape index (κ2) is 8.38. The van der Waals surface area contributed by atoms with E-state index >= 15 is 0 Å². The molecule has 0 bridgehead atoms. The summed E-state index contributed by atoms with van der Waals surface area (Å²) in [6.45, 7) is 1.51. The summed E-state index contributed by atoms with van der Waals surface area (Å²) in [5.41, 5.74) is 6.99. The number of carbonyl (C=O) groups is 1. The zero-order chi connectivity index (χ0) is 22.0. The molecule has 1 amide bonds. The summed E-state index contributed by atoms with van der Waals surface area (Å²) in [7, 11) is -2.39. The maximum atomic E-state index is 12.8. The SMILES string of the molecule is COc1ncc(C(=O)N2CCCC(COc3cccc4c3C(N)=NS(=O)(=O)N4)C2)cn1. The molecule has 1 fully saturated rings. The van der Waals surface area contributed by atoms with Crippen molar-refractivity contribution < 1.29 is 22.7 Å². The molecule has 164 valence electrons. The van der Waals surface area contributed by atoms with Crippen molar-refractivity contribution in [3.63, 3.8) is 0 Å². The Labute approximate surface area is 179 Å². The van der Waals surface area contributed by atoms with E-state index in [2.05, 4.69) is 19.1 Å². The first-order valence-corrected chi connectivity index (χ1v) is 11.1. The fourth-order valence-electron chi connectivity index (χ4n) is 3.65. The fourth-order valence-corrected chi connectivity index (χ4v) is 4.49. The van der Waals surface area contributed by atoms with Crippen molar-refractivity contribution in [1.82, 2.24) is 14.9 Å². The van der Waals surface area contributed by atoms with Crippen molar-refractivity contribution in [3.05, 3.63) is 41.7 Å². The highest BCUT2D eigenvalue weighted by molar-refractivity contribution is 7.91. The van der Waals surface area contributed by atoms with Crippen molar-refractivity contribution >= 4 is 27.6 Å². The van der Waals surface area contributed by atoms with Crippen LogP contribution in [0.1, 0.15) is 28.8 Å². The Morgan fingerprint density at radius 1 is 1.32 bits per heavy atom. The molecule has 31 heavy (non-hydrogen) atoms. The number of nitrogens with two attached hydrogens (primary N) is 1. The lowest BCUT2D eigenvalue weighted by Gasteiger charge is -2.32. The van der Waals surface area contributed by atoms with Gasteiger partial charge in [0.05, 0.1) is 30.5 Å². The summed E-state index contributed by atoms with van der Waals surface area (Å²) in [6, 6.07) is 5.19. The minimum Gasteiger partial charge on any atom is -0.492 e. The molecule has 4 rings (SSSR count). The smallest absolute Gasteiger partial charge is 0.344 e. The molecule has 2 aromatic rings. The Morgan fingerprint density at radius 2 is 2.10 bits per heavy atom. The lowest BCUT2D eigenvalue weighted by molar-refractivity contribution is 0.0632. The van der Waals surface area contributed by atoms with E-state index in [1.165, 1.54) is 19.5 Å². The van der Waals surface area contributed by atoms with Gasteiger partial charge in [-0.25, -0.2) is 9.97 Å². The number of nitrogens with zero attached hydrogens (tertiary/aromatic N) is 4. The second-order valence-electron chi connectivity index (χ2n) is 7.26. The molecular weight excluding hydrogens is 424 g/mol. The fraction of sp³-hybridized carbons (Fsp3) is 0.368. The van der Waals surface area contributed by atoms with Gasteiger partial charge < -0.3 is 20.1 Å². The number of hydrogen-bond donors (Lipinski definition) is 2. The number of likely N-dealkylation sites (tertiary alicyclic amines) is 1. The number of fused-ring (bicyclic) bond motifs is 1. The topological polar surface area (TPSA) is 149 Å². The van der Waals surface area contributed by atoms with E-state index in [9.17, 15) is 13.2 Å². The standard InChI is InChI=1S/C19H22N6O5S/c1-29-19-21-8-13(9-22-19)18(26)25-7-3-4-12(10-25)11-30-15-6-2-5-14-16(15)17(20)24-31(27,28)23-14/h2,5-6,8-9,12,23H,3-4,7,10-11H2,1H3,(H2,20,24). The van der Waals surface area contributed by atoms with Gasteiger partial charge in [-0.15, -0.1) is 4.40 Å². The van der Waals surface area contributed by atoms with E-state index in [1.54, 1.807) is 23.1 Å². The number of rotatable bonds is 5. The van der Waals surface area contributed by atoms with Gasteiger partial charge in [-0.3, -0.25) is 9.52 Å². The van der Waals surface area contributed by atoms with Crippen molar-refractivity contribution in [1.29, 1.82) is 0 Å². The minimum atomic E-state index is -3.85. The van der Waals surface area contributed by atoms with Gasteiger partial charge in [0, 0.05) is 31.4 Å². The third-order valence-corrected chi connectivity index (χ3v) is 5.99. The number of amidine groups is 1. The van der Waals surface area contributed by atoms with Crippen LogP contribution in [0.15, 0.2) is 35.0 Å². The number of aromatic nitrogens is 2. The number of piperidine rings is 1. The van der Waals surface area contributed by atoms with Crippen LogP contribution in [-0.4, -0.2) is 61.8 Å². The summed E-state index contributed by atoms with van der Waals surface area (Å²) in [4.78, 5) is 22.5. The average molecular weight is 446 g/mol. The summed E-state index contributed by atoms with van der Waals surface area (Å²) >= 11 is 0. The molecule has 1 aromatic carbocycles. The molecule has 2 aliphatic heterocycles. The zero-order valence-electron chi connectivity index (χ0n) is 16.8. The maximum absolute atomic E-state index is 12.8. The molecule has 0 radical (unpaired) electrons. The van der Waals surface area contributed by atoms with Gasteiger partial charge in [-0.05, 0) is 25.0 Å². The number of nitrogens with one attached hydrogen (secondary N) is 1. The average Bonchev–Trinajstić information content (AvgIpc) is 2.76. The molecule has 1 unspecified atom stereocenters. The normalized spacial score (nSPS) is 19.6. The van der Waals surface area contributed by atoms with E-state index in [1.807, 2.05) is 0 Å². The van der Waals surface area contributed by atoms with Crippen LogP contribution in [-0.2, 0) is 10.2 Å². The maximum Gasteiger partial charge on any atom is 0.344 e. The Kier molecular flexibility index (Phi) is 5.63. The zero-order valence-corrected chi connectivity index (χ0v) is 17.6. The van der Waals surface area contributed by atoms with Crippen LogP contribution >= 0.6 is 0 Å². The molecule has 1 aromatic heterocycles.